The predicted molar refractivity (Wildman–Crippen MR) is 134 cm³/mol. The van der Waals surface area contributed by atoms with Crippen LogP contribution in [0.4, 0.5) is 17.1 Å². The maximum Gasteiger partial charge on any atom is 0.159 e. The Morgan fingerprint density at radius 3 is 1.59 bits per heavy atom. The monoisotopic (exact) mass is 411 g/mol. The van der Waals surface area contributed by atoms with Gasteiger partial charge in [0, 0.05) is 27.7 Å². The molecule has 0 fully saturated rings. The molecule has 32 heavy (non-hydrogen) atoms. The zero-order chi connectivity index (χ0) is 21.3. The number of furan rings is 1. The van der Waals surface area contributed by atoms with Gasteiger partial charge in [0.15, 0.2) is 5.58 Å². The van der Waals surface area contributed by atoms with E-state index in [0.29, 0.717) is 0 Å². The first-order valence-corrected chi connectivity index (χ1v) is 10.8. The van der Waals surface area contributed by atoms with Gasteiger partial charge in [-0.05, 0) is 35.9 Å². The zero-order valence-electron chi connectivity index (χ0n) is 17.5. The molecule has 0 N–H and O–H groups in total. The molecule has 0 saturated heterocycles. The molecular formula is C30H21NO. The Kier molecular flexibility index (Phi) is 4.47. The number of para-hydroxylation sites is 4. The second kappa shape index (κ2) is 7.75. The molecule has 0 bridgehead atoms. The van der Waals surface area contributed by atoms with E-state index in [4.69, 9.17) is 4.42 Å². The maximum atomic E-state index is 6.65. The minimum absolute atomic E-state index is 0.888. The molecule has 2 nitrogen and oxygen atoms in total. The molecule has 6 aromatic rings. The number of benzene rings is 5. The van der Waals surface area contributed by atoms with Crippen molar-refractivity contribution >= 4 is 39.0 Å². The summed E-state index contributed by atoms with van der Waals surface area (Å²) in [6, 6.07) is 44.1. The van der Waals surface area contributed by atoms with E-state index in [1.54, 1.807) is 0 Å². The third kappa shape index (κ3) is 3.05. The molecule has 6 rings (SSSR count). The molecule has 152 valence electrons. The van der Waals surface area contributed by atoms with Gasteiger partial charge in [0.05, 0.1) is 5.69 Å². The van der Waals surface area contributed by atoms with Crippen LogP contribution in [-0.2, 0) is 0 Å². The quantitative estimate of drug-likeness (QED) is 0.288. The summed E-state index contributed by atoms with van der Waals surface area (Å²) in [5.74, 6) is 0. The van der Waals surface area contributed by atoms with E-state index in [9.17, 15) is 0 Å². The average molecular weight is 412 g/mol. The minimum Gasteiger partial charge on any atom is -0.453 e. The summed E-state index contributed by atoms with van der Waals surface area (Å²) in [5.41, 5.74) is 7.28. The summed E-state index contributed by atoms with van der Waals surface area (Å²) in [4.78, 5) is 2.26. The Hall–Kier alpha value is -4.30. The van der Waals surface area contributed by atoms with Crippen LogP contribution in [-0.4, -0.2) is 0 Å². The van der Waals surface area contributed by atoms with E-state index < -0.39 is 0 Å². The van der Waals surface area contributed by atoms with Crippen LogP contribution in [0.5, 0.6) is 0 Å². The van der Waals surface area contributed by atoms with Gasteiger partial charge in [-0.15, -0.1) is 0 Å². The first kappa shape index (κ1) is 18.5. The molecule has 0 radical (unpaired) electrons. The van der Waals surface area contributed by atoms with E-state index in [1.807, 2.05) is 18.2 Å². The van der Waals surface area contributed by atoms with Crippen LogP contribution >= 0.6 is 0 Å². The lowest BCUT2D eigenvalue weighted by Crippen LogP contribution is -2.09. The van der Waals surface area contributed by atoms with Crippen molar-refractivity contribution in [3.8, 4) is 11.1 Å². The van der Waals surface area contributed by atoms with Gasteiger partial charge in [0.25, 0.3) is 0 Å². The summed E-state index contributed by atoms with van der Waals surface area (Å²) < 4.78 is 6.65. The van der Waals surface area contributed by atoms with E-state index in [0.717, 1.165) is 50.1 Å². The molecule has 0 saturated carbocycles. The van der Waals surface area contributed by atoms with E-state index in [2.05, 4.69) is 114 Å². The molecule has 0 atom stereocenters. The van der Waals surface area contributed by atoms with Crippen LogP contribution in [0.15, 0.2) is 132 Å². The van der Waals surface area contributed by atoms with Crippen molar-refractivity contribution < 1.29 is 4.42 Å². The molecule has 2 heteroatoms. The van der Waals surface area contributed by atoms with Crippen molar-refractivity contribution in [1.29, 1.82) is 0 Å². The zero-order valence-corrected chi connectivity index (χ0v) is 17.5. The second-order valence-electron chi connectivity index (χ2n) is 7.81. The van der Waals surface area contributed by atoms with Crippen LogP contribution < -0.4 is 4.90 Å². The molecule has 0 unspecified atom stereocenters. The molecular weight excluding hydrogens is 390 g/mol. The number of fused-ring (bicyclic) bond motifs is 3. The van der Waals surface area contributed by atoms with Gasteiger partial charge in [0.1, 0.15) is 5.58 Å². The van der Waals surface area contributed by atoms with Gasteiger partial charge in [-0.1, -0.05) is 97.1 Å². The predicted octanol–water partition coefficient (Wildman–Crippen LogP) is 8.72. The third-order valence-electron chi connectivity index (χ3n) is 5.86. The average Bonchev–Trinajstić information content (AvgIpc) is 3.26. The highest BCUT2D eigenvalue weighted by atomic mass is 16.3. The Bertz CT molecular complexity index is 1460. The fourth-order valence-electron chi connectivity index (χ4n) is 4.41. The standard InChI is InChI=1S/C30H21NO/c1-4-12-22(13-5-1)25-18-10-19-26-27-20-11-21-28(30(27)32-29(25)26)31(23-14-6-2-7-15-23)24-16-8-3-9-17-24/h1-21H. The number of hydrogen-bond acceptors (Lipinski definition) is 2. The Labute approximate surface area is 187 Å². The fraction of sp³-hybridized carbons (Fsp3) is 0. The lowest BCUT2D eigenvalue weighted by Gasteiger charge is -2.25. The number of anilines is 3. The molecule has 0 spiro atoms. The molecule has 0 amide bonds. The van der Waals surface area contributed by atoms with Crippen molar-refractivity contribution in [1.82, 2.24) is 0 Å². The SMILES string of the molecule is c1ccc(-c2cccc3c2oc2c(N(c4ccccc4)c4ccccc4)cccc23)cc1. The Balaban J connectivity index is 1.64. The van der Waals surface area contributed by atoms with Crippen LogP contribution in [0, 0.1) is 0 Å². The van der Waals surface area contributed by atoms with Crippen molar-refractivity contribution in [2.45, 2.75) is 0 Å². The molecule has 0 aliphatic rings. The molecule has 0 aliphatic heterocycles. The van der Waals surface area contributed by atoms with Crippen molar-refractivity contribution in [2.24, 2.45) is 0 Å². The Morgan fingerprint density at radius 2 is 0.969 bits per heavy atom. The van der Waals surface area contributed by atoms with Gasteiger partial charge < -0.3 is 9.32 Å². The second-order valence-corrected chi connectivity index (χ2v) is 7.81. The molecule has 0 aliphatic carbocycles. The normalized spacial score (nSPS) is 11.1. The summed E-state index contributed by atoms with van der Waals surface area (Å²) >= 11 is 0. The largest absolute Gasteiger partial charge is 0.453 e. The summed E-state index contributed by atoms with van der Waals surface area (Å²) in [5, 5.41) is 2.25. The van der Waals surface area contributed by atoms with Gasteiger partial charge in [-0.25, -0.2) is 0 Å². The minimum atomic E-state index is 0.888. The number of hydrogen-bond donors (Lipinski definition) is 0. The summed E-state index contributed by atoms with van der Waals surface area (Å²) in [7, 11) is 0. The smallest absolute Gasteiger partial charge is 0.159 e. The topological polar surface area (TPSA) is 16.4 Å². The highest BCUT2D eigenvalue weighted by Gasteiger charge is 2.20. The van der Waals surface area contributed by atoms with Gasteiger partial charge in [-0.3, -0.25) is 0 Å². The van der Waals surface area contributed by atoms with Gasteiger partial charge in [-0.2, -0.15) is 0 Å². The maximum absolute atomic E-state index is 6.65. The number of rotatable bonds is 4. The number of nitrogens with zero attached hydrogens (tertiary/aromatic N) is 1. The molecule has 1 aromatic heterocycles. The summed E-state index contributed by atoms with van der Waals surface area (Å²) in [6.07, 6.45) is 0. The van der Waals surface area contributed by atoms with Crippen LogP contribution in [0.2, 0.25) is 0 Å². The molecule has 1 heterocycles. The van der Waals surface area contributed by atoms with Gasteiger partial charge >= 0.3 is 0 Å². The van der Waals surface area contributed by atoms with Crippen molar-refractivity contribution in [3.63, 3.8) is 0 Å². The third-order valence-corrected chi connectivity index (χ3v) is 5.86. The van der Waals surface area contributed by atoms with Crippen LogP contribution in [0.25, 0.3) is 33.1 Å². The first-order chi connectivity index (χ1) is 15.9. The van der Waals surface area contributed by atoms with E-state index in [1.165, 1.54) is 0 Å². The summed E-state index contributed by atoms with van der Waals surface area (Å²) in [6.45, 7) is 0. The molecule has 5 aromatic carbocycles. The lowest BCUT2D eigenvalue weighted by atomic mass is 10.0. The highest BCUT2D eigenvalue weighted by Crippen LogP contribution is 2.43. The lowest BCUT2D eigenvalue weighted by molar-refractivity contribution is 0.670. The Morgan fingerprint density at radius 1 is 0.438 bits per heavy atom. The van der Waals surface area contributed by atoms with E-state index >= 15 is 0 Å². The van der Waals surface area contributed by atoms with Crippen LogP contribution in [0.1, 0.15) is 0 Å². The van der Waals surface area contributed by atoms with E-state index in [-0.39, 0.29) is 0 Å². The van der Waals surface area contributed by atoms with Crippen molar-refractivity contribution in [3.05, 3.63) is 127 Å². The fourth-order valence-corrected chi connectivity index (χ4v) is 4.41. The highest BCUT2D eigenvalue weighted by molar-refractivity contribution is 6.13. The van der Waals surface area contributed by atoms with Crippen molar-refractivity contribution in [2.75, 3.05) is 4.90 Å². The van der Waals surface area contributed by atoms with Gasteiger partial charge in [0.2, 0.25) is 0 Å². The first-order valence-electron chi connectivity index (χ1n) is 10.8. The van der Waals surface area contributed by atoms with Crippen LogP contribution in [0.3, 0.4) is 0 Å².